The number of imidazole rings is 1. The summed E-state index contributed by atoms with van der Waals surface area (Å²) in [4.78, 5) is 31.9. The van der Waals surface area contributed by atoms with Crippen LogP contribution in [0.1, 0.15) is 44.2 Å². The number of rotatable bonds is 9. The number of nitrogens with zero attached hydrogens (tertiary/aromatic N) is 4. The van der Waals surface area contributed by atoms with Crippen LogP contribution < -0.4 is 10.6 Å². The average molecular weight is 488 g/mol. The number of aryl methyl sites for hydroxylation is 1. The lowest BCUT2D eigenvalue weighted by atomic mass is 10.0. The van der Waals surface area contributed by atoms with Crippen LogP contribution in [0.4, 0.5) is 5.82 Å². The van der Waals surface area contributed by atoms with Gasteiger partial charge in [0.25, 0.3) is 5.91 Å². The summed E-state index contributed by atoms with van der Waals surface area (Å²) in [6, 6.07) is 16.2. The lowest BCUT2D eigenvalue weighted by Crippen LogP contribution is -2.26. The van der Waals surface area contributed by atoms with Gasteiger partial charge < -0.3 is 15.6 Å². The Kier molecular flexibility index (Phi) is 7.24. The molecule has 10 heteroatoms. The van der Waals surface area contributed by atoms with Gasteiger partial charge in [-0.05, 0) is 37.6 Å². The predicted molar refractivity (Wildman–Crippen MR) is 132 cm³/mol. The molecule has 2 aromatic heterocycles. The SMILES string of the molecule is Cc1ccc(C(=O)c2nn(-c3ccc(Cl)cc3)c(NCCCNC(=O)c3ncc[nH]3)c2C#N)cc1. The first-order valence-corrected chi connectivity index (χ1v) is 11.3. The number of anilines is 1. The van der Waals surface area contributed by atoms with Gasteiger partial charge in [-0.25, -0.2) is 9.67 Å². The largest absolute Gasteiger partial charge is 0.369 e. The maximum Gasteiger partial charge on any atom is 0.287 e. The number of nitrogens with one attached hydrogen (secondary N) is 3. The Labute approximate surface area is 206 Å². The molecule has 0 radical (unpaired) electrons. The second kappa shape index (κ2) is 10.7. The zero-order valence-electron chi connectivity index (χ0n) is 18.9. The second-order valence-electron chi connectivity index (χ2n) is 7.74. The molecule has 3 N–H and O–H groups in total. The van der Waals surface area contributed by atoms with Crippen molar-refractivity contribution in [3.8, 4) is 11.8 Å². The number of nitriles is 1. The van der Waals surface area contributed by atoms with E-state index >= 15 is 0 Å². The van der Waals surface area contributed by atoms with Gasteiger partial charge in [0.05, 0.1) is 5.69 Å². The van der Waals surface area contributed by atoms with Crippen LogP contribution in [-0.4, -0.2) is 44.5 Å². The first kappa shape index (κ1) is 23.7. The molecule has 4 rings (SSSR count). The van der Waals surface area contributed by atoms with Crippen LogP contribution in [0, 0.1) is 18.3 Å². The van der Waals surface area contributed by atoms with Crippen molar-refractivity contribution in [1.29, 1.82) is 5.26 Å². The average Bonchev–Trinajstić information content (AvgIpc) is 3.53. The first-order valence-electron chi connectivity index (χ1n) is 10.9. The molecule has 0 unspecified atom stereocenters. The summed E-state index contributed by atoms with van der Waals surface area (Å²) in [6.07, 6.45) is 3.64. The molecule has 176 valence electrons. The molecule has 0 spiro atoms. The van der Waals surface area contributed by atoms with E-state index in [1.807, 2.05) is 19.1 Å². The summed E-state index contributed by atoms with van der Waals surface area (Å²) in [6.45, 7) is 2.74. The highest BCUT2D eigenvalue weighted by molar-refractivity contribution is 6.30. The standard InChI is InChI=1S/C25H22ClN7O2/c1-16-3-5-17(6-4-16)22(34)21-20(15-27)24(33(32-21)19-9-7-18(26)8-10-19)30-11-2-12-31-25(35)23-28-13-14-29-23/h3-10,13-14,30H,2,11-12H2,1H3,(H,28,29)(H,31,35). The van der Waals surface area contributed by atoms with E-state index in [1.165, 1.54) is 10.9 Å². The highest BCUT2D eigenvalue weighted by atomic mass is 35.5. The van der Waals surface area contributed by atoms with Crippen LogP contribution in [0.2, 0.25) is 5.02 Å². The fourth-order valence-corrected chi connectivity index (χ4v) is 3.55. The Morgan fingerprint density at radius 1 is 1.11 bits per heavy atom. The third kappa shape index (κ3) is 5.39. The summed E-state index contributed by atoms with van der Waals surface area (Å²) in [5.74, 6) is -0.0135. The van der Waals surface area contributed by atoms with Gasteiger partial charge in [0.1, 0.15) is 17.5 Å². The molecule has 0 aliphatic heterocycles. The first-order chi connectivity index (χ1) is 17.0. The van der Waals surface area contributed by atoms with E-state index in [-0.39, 0.29) is 28.8 Å². The van der Waals surface area contributed by atoms with Crippen molar-refractivity contribution >= 4 is 29.1 Å². The molecule has 35 heavy (non-hydrogen) atoms. The van der Waals surface area contributed by atoms with E-state index in [2.05, 4.69) is 31.8 Å². The van der Waals surface area contributed by atoms with E-state index in [0.717, 1.165) is 5.56 Å². The van der Waals surface area contributed by atoms with Crippen molar-refractivity contribution < 1.29 is 9.59 Å². The van der Waals surface area contributed by atoms with Crippen LogP contribution >= 0.6 is 11.6 Å². The Balaban J connectivity index is 1.57. The second-order valence-corrected chi connectivity index (χ2v) is 8.18. The minimum Gasteiger partial charge on any atom is -0.369 e. The van der Waals surface area contributed by atoms with Crippen molar-refractivity contribution in [3.63, 3.8) is 0 Å². The number of hydrogen-bond donors (Lipinski definition) is 3. The van der Waals surface area contributed by atoms with Gasteiger partial charge >= 0.3 is 0 Å². The normalized spacial score (nSPS) is 10.5. The number of ketones is 1. The summed E-state index contributed by atoms with van der Waals surface area (Å²) < 4.78 is 1.53. The van der Waals surface area contributed by atoms with Crippen LogP contribution in [0.5, 0.6) is 0 Å². The predicted octanol–water partition coefficient (Wildman–Crippen LogP) is 3.89. The van der Waals surface area contributed by atoms with Gasteiger partial charge in [-0.3, -0.25) is 9.59 Å². The molecule has 0 aliphatic carbocycles. The molecule has 9 nitrogen and oxygen atoms in total. The summed E-state index contributed by atoms with van der Waals surface area (Å²) in [5.41, 5.74) is 2.31. The molecular formula is C25H22ClN7O2. The number of benzene rings is 2. The molecule has 2 heterocycles. The van der Waals surface area contributed by atoms with E-state index in [1.54, 1.807) is 42.6 Å². The van der Waals surface area contributed by atoms with Crippen molar-refractivity contribution in [2.45, 2.75) is 13.3 Å². The number of halogens is 1. The van der Waals surface area contributed by atoms with E-state index in [0.29, 0.717) is 41.6 Å². The molecule has 0 aliphatic rings. The van der Waals surface area contributed by atoms with Crippen molar-refractivity contribution in [3.05, 3.63) is 94.2 Å². The Bertz CT molecular complexity index is 1370. The van der Waals surface area contributed by atoms with Crippen LogP contribution in [0.3, 0.4) is 0 Å². The molecule has 4 aromatic rings. The number of aromatic nitrogens is 4. The van der Waals surface area contributed by atoms with E-state index in [9.17, 15) is 14.9 Å². The molecule has 0 atom stereocenters. The Hall–Kier alpha value is -4.42. The lowest BCUT2D eigenvalue weighted by molar-refractivity contribution is 0.0943. The zero-order chi connectivity index (χ0) is 24.8. The van der Waals surface area contributed by atoms with Gasteiger partial charge in [-0.2, -0.15) is 10.4 Å². The fourth-order valence-electron chi connectivity index (χ4n) is 3.43. The van der Waals surface area contributed by atoms with Gasteiger partial charge in [0, 0.05) is 36.1 Å². The zero-order valence-corrected chi connectivity index (χ0v) is 19.6. The quantitative estimate of drug-likeness (QED) is 0.242. The minimum atomic E-state index is -0.344. The Morgan fingerprint density at radius 3 is 2.51 bits per heavy atom. The van der Waals surface area contributed by atoms with Gasteiger partial charge in [-0.1, -0.05) is 41.4 Å². The van der Waals surface area contributed by atoms with Crippen molar-refractivity contribution in [1.82, 2.24) is 25.1 Å². The number of aromatic amines is 1. The monoisotopic (exact) mass is 487 g/mol. The van der Waals surface area contributed by atoms with Crippen LogP contribution in [-0.2, 0) is 0 Å². The van der Waals surface area contributed by atoms with Crippen molar-refractivity contribution in [2.75, 3.05) is 18.4 Å². The minimum absolute atomic E-state index is 0.0555. The maximum absolute atomic E-state index is 13.2. The third-order valence-electron chi connectivity index (χ3n) is 5.24. The van der Waals surface area contributed by atoms with Gasteiger partial charge in [0.2, 0.25) is 5.78 Å². The van der Waals surface area contributed by atoms with E-state index < -0.39 is 0 Å². The number of carbonyl (C=O) groups excluding carboxylic acids is 2. The summed E-state index contributed by atoms with van der Waals surface area (Å²) in [7, 11) is 0. The highest BCUT2D eigenvalue weighted by Gasteiger charge is 2.25. The maximum atomic E-state index is 13.2. The third-order valence-corrected chi connectivity index (χ3v) is 5.49. The van der Waals surface area contributed by atoms with Crippen LogP contribution in [0.15, 0.2) is 60.9 Å². The number of H-pyrrole nitrogens is 1. The number of amides is 1. The number of hydrogen-bond acceptors (Lipinski definition) is 6. The molecule has 0 saturated heterocycles. The Morgan fingerprint density at radius 2 is 1.86 bits per heavy atom. The van der Waals surface area contributed by atoms with Gasteiger partial charge in [-0.15, -0.1) is 0 Å². The summed E-state index contributed by atoms with van der Waals surface area (Å²) >= 11 is 6.03. The van der Waals surface area contributed by atoms with Crippen LogP contribution in [0.25, 0.3) is 5.69 Å². The topological polar surface area (TPSA) is 128 Å². The van der Waals surface area contributed by atoms with Crippen molar-refractivity contribution in [2.24, 2.45) is 0 Å². The molecular weight excluding hydrogens is 466 g/mol. The molecule has 2 aromatic carbocycles. The number of carbonyl (C=O) groups is 2. The summed E-state index contributed by atoms with van der Waals surface area (Å²) in [5, 5.41) is 21.0. The smallest absolute Gasteiger partial charge is 0.287 e. The lowest BCUT2D eigenvalue weighted by Gasteiger charge is -2.11. The molecule has 0 saturated carbocycles. The molecule has 0 fully saturated rings. The van der Waals surface area contributed by atoms with E-state index in [4.69, 9.17) is 11.6 Å². The van der Waals surface area contributed by atoms with Gasteiger partial charge in [0.15, 0.2) is 11.5 Å². The molecule has 0 bridgehead atoms. The molecule has 1 amide bonds. The fraction of sp³-hybridized carbons (Fsp3) is 0.160. The highest BCUT2D eigenvalue weighted by Crippen LogP contribution is 2.26.